The Balaban J connectivity index is 2.29. The fraction of sp³-hybridized carbons (Fsp3) is 0.154. The van der Waals surface area contributed by atoms with Crippen molar-refractivity contribution in [2.75, 3.05) is 11.9 Å². The first kappa shape index (κ1) is 14.0. The van der Waals surface area contributed by atoms with Crippen molar-refractivity contribution in [3.05, 3.63) is 45.9 Å². The van der Waals surface area contributed by atoms with Crippen LogP contribution in [0.15, 0.2) is 35.6 Å². The molecular formula is C13H14N4O2S. The van der Waals surface area contributed by atoms with Gasteiger partial charge in [0.05, 0.1) is 11.2 Å². The highest BCUT2D eigenvalue weighted by molar-refractivity contribution is 7.13. The lowest BCUT2D eigenvalue weighted by atomic mass is 10.1. The van der Waals surface area contributed by atoms with Gasteiger partial charge < -0.3 is 15.8 Å². The fourth-order valence-corrected chi connectivity index (χ4v) is 2.43. The van der Waals surface area contributed by atoms with E-state index in [0.29, 0.717) is 16.1 Å². The van der Waals surface area contributed by atoms with E-state index in [4.69, 9.17) is 10.9 Å². The summed E-state index contributed by atoms with van der Waals surface area (Å²) < 4.78 is 0. The molecule has 0 aliphatic heterocycles. The zero-order valence-electron chi connectivity index (χ0n) is 11.1. The van der Waals surface area contributed by atoms with Crippen LogP contribution in [0.1, 0.15) is 20.2 Å². The summed E-state index contributed by atoms with van der Waals surface area (Å²) in [5.74, 6) is -0.145. The Morgan fingerprint density at radius 2 is 2.25 bits per heavy atom. The van der Waals surface area contributed by atoms with Gasteiger partial charge in [-0.1, -0.05) is 17.3 Å². The van der Waals surface area contributed by atoms with Crippen LogP contribution in [-0.4, -0.2) is 29.0 Å². The van der Waals surface area contributed by atoms with Gasteiger partial charge in [0.15, 0.2) is 5.84 Å². The summed E-state index contributed by atoms with van der Waals surface area (Å²) in [7, 11) is 1.67. The molecule has 0 unspecified atom stereocenters. The van der Waals surface area contributed by atoms with Crippen molar-refractivity contribution in [2.45, 2.75) is 6.92 Å². The minimum Gasteiger partial charge on any atom is -0.409 e. The molecule has 1 aromatic carbocycles. The topological polar surface area (TPSA) is 91.8 Å². The first-order valence-corrected chi connectivity index (χ1v) is 6.63. The quantitative estimate of drug-likeness (QED) is 0.390. The van der Waals surface area contributed by atoms with E-state index in [1.54, 1.807) is 37.5 Å². The lowest BCUT2D eigenvalue weighted by Gasteiger charge is -2.17. The van der Waals surface area contributed by atoms with Crippen LogP contribution in [0, 0.1) is 6.92 Å². The second-order valence-electron chi connectivity index (χ2n) is 4.14. The number of carbonyl (C=O) groups is 1. The molecular weight excluding hydrogens is 276 g/mol. The van der Waals surface area contributed by atoms with Crippen LogP contribution in [0.5, 0.6) is 0 Å². The molecule has 104 valence electrons. The number of amidine groups is 1. The monoisotopic (exact) mass is 290 g/mol. The summed E-state index contributed by atoms with van der Waals surface area (Å²) in [4.78, 5) is 18.4. The molecule has 3 N–H and O–H groups in total. The summed E-state index contributed by atoms with van der Waals surface area (Å²) in [6, 6.07) is 6.90. The Kier molecular flexibility index (Phi) is 3.99. The van der Waals surface area contributed by atoms with Crippen molar-refractivity contribution in [3.8, 4) is 0 Å². The maximum atomic E-state index is 12.3. The van der Waals surface area contributed by atoms with Crippen molar-refractivity contribution in [2.24, 2.45) is 10.9 Å². The number of carbonyl (C=O) groups excluding carboxylic acids is 1. The zero-order valence-corrected chi connectivity index (χ0v) is 11.9. The number of amides is 1. The van der Waals surface area contributed by atoms with Crippen LogP contribution in [0.4, 0.5) is 5.69 Å². The molecule has 1 aromatic heterocycles. The molecule has 0 spiro atoms. The molecule has 0 atom stereocenters. The Morgan fingerprint density at radius 3 is 2.85 bits per heavy atom. The van der Waals surface area contributed by atoms with E-state index in [9.17, 15) is 4.79 Å². The van der Waals surface area contributed by atoms with Gasteiger partial charge in [-0.2, -0.15) is 0 Å². The number of oxime groups is 1. The number of thiazole rings is 1. The highest BCUT2D eigenvalue weighted by Gasteiger charge is 2.16. The molecule has 0 aliphatic carbocycles. The van der Waals surface area contributed by atoms with Gasteiger partial charge in [-0.15, -0.1) is 11.3 Å². The number of hydrogen-bond acceptors (Lipinski definition) is 5. The molecule has 1 amide bonds. The van der Waals surface area contributed by atoms with Gasteiger partial charge in [-0.25, -0.2) is 4.98 Å². The number of benzene rings is 1. The van der Waals surface area contributed by atoms with E-state index in [0.717, 1.165) is 5.01 Å². The van der Waals surface area contributed by atoms with Gasteiger partial charge >= 0.3 is 0 Å². The van der Waals surface area contributed by atoms with Crippen molar-refractivity contribution in [3.63, 3.8) is 0 Å². The molecule has 7 heteroatoms. The minimum absolute atomic E-state index is 0.00123. The number of nitrogens with two attached hydrogens (primary N) is 1. The fourth-order valence-electron chi connectivity index (χ4n) is 1.67. The highest BCUT2D eigenvalue weighted by atomic mass is 32.1. The van der Waals surface area contributed by atoms with Gasteiger partial charge in [-0.05, 0) is 19.1 Å². The molecule has 6 nitrogen and oxygen atoms in total. The van der Waals surface area contributed by atoms with Crippen LogP contribution in [0.3, 0.4) is 0 Å². The third-order valence-electron chi connectivity index (χ3n) is 2.77. The lowest BCUT2D eigenvalue weighted by Crippen LogP contribution is -2.26. The molecule has 2 aromatic rings. The summed E-state index contributed by atoms with van der Waals surface area (Å²) in [5.41, 5.74) is 6.75. The number of anilines is 1. The van der Waals surface area contributed by atoms with Gasteiger partial charge in [0.1, 0.15) is 4.88 Å². The maximum Gasteiger partial charge on any atom is 0.269 e. The van der Waals surface area contributed by atoms with Crippen LogP contribution < -0.4 is 10.6 Å². The van der Waals surface area contributed by atoms with Crippen LogP contribution in [0.25, 0.3) is 0 Å². The molecule has 20 heavy (non-hydrogen) atoms. The molecule has 0 radical (unpaired) electrons. The van der Waals surface area contributed by atoms with Crippen molar-refractivity contribution < 1.29 is 10.0 Å². The third kappa shape index (κ3) is 2.77. The van der Waals surface area contributed by atoms with Crippen molar-refractivity contribution in [1.82, 2.24) is 4.98 Å². The van der Waals surface area contributed by atoms with E-state index in [1.807, 2.05) is 6.92 Å². The summed E-state index contributed by atoms with van der Waals surface area (Å²) >= 11 is 1.34. The van der Waals surface area contributed by atoms with Gasteiger partial charge in [0, 0.05) is 18.3 Å². The van der Waals surface area contributed by atoms with Crippen molar-refractivity contribution >= 4 is 28.8 Å². The predicted octanol–water partition coefficient (Wildman–Crippen LogP) is 1.82. The van der Waals surface area contributed by atoms with Gasteiger partial charge in [0.25, 0.3) is 5.91 Å². The van der Waals surface area contributed by atoms with E-state index in [1.165, 1.54) is 16.2 Å². The Morgan fingerprint density at radius 1 is 1.50 bits per heavy atom. The molecule has 0 fully saturated rings. The zero-order chi connectivity index (χ0) is 14.7. The SMILES string of the molecule is Cc1ncc(C(=O)N(C)c2cccc(/C(N)=N/O)c2)s1. The number of hydrogen-bond donors (Lipinski definition) is 2. The van der Waals surface area contributed by atoms with Crippen LogP contribution in [-0.2, 0) is 0 Å². The van der Waals surface area contributed by atoms with E-state index < -0.39 is 0 Å². The first-order valence-electron chi connectivity index (χ1n) is 5.81. The number of rotatable bonds is 3. The largest absolute Gasteiger partial charge is 0.409 e. The first-order chi connectivity index (χ1) is 9.52. The second kappa shape index (κ2) is 5.70. The molecule has 1 heterocycles. The van der Waals surface area contributed by atoms with Gasteiger partial charge in [-0.3, -0.25) is 4.79 Å². The molecule has 0 bridgehead atoms. The molecule has 2 rings (SSSR count). The average Bonchev–Trinajstić information content (AvgIpc) is 2.91. The predicted molar refractivity (Wildman–Crippen MR) is 78.5 cm³/mol. The normalized spacial score (nSPS) is 11.4. The maximum absolute atomic E-state index is 12.3. The molecule has 0 saturated heterocycles. The Labute approximate surface area is 120 Å². The summed E-state index contributed by atoms with van der Waals surface area (Å²) in [5, 5.41) is 12.5. The van der Waals surface area contributed by atoms with Crippen LogP contribution >= 0.6 is 11.3 Å². The average molecular weight is 290 g/mol. The smallest absolute Gasteiger partial charge is 0.269 e. The molecule has 0 saturated carbocycles. The van der Waals surface area contributed by atoms with Crippen LogP contribution in [0.2, 0.25) is 0 Å². The summed E-state index contributed by atoms with van der Waals surface area (Å²) in [6.07, 6.45) is 1.56. The number of aromatic nitrogens is 1. The van der Waals surface area contributed by atoms with Gasteiger partial charge in [0.2, 0.25) is 0 Å². The summed E-state index contributed by atoms with van der Waals surface area (Å²) in [6.45, 7) is 1.85. The van der Waals surface area contributed by atoms with E-state index in [-0.39, 0.29) is 11.7 Å². The van der Waals surface area contributed by atoms with E-state index in [2.05, 4.69) is 10.1 Å². The third-order valence-corrected chi connectivity index (χ3v) is 3.67. The number of aryl methyl sites for hydroxylation is 1. The second-order valence-corrected chi connectivity index (χ2v) is 5.38. The van der Waals surface area contributed by atoms with E-state index >= 15 is 0 Å². The highest BCUT2D eigenvalue weighted by Crippen LogP contribution is 2.20. The van der Waals surface area contributed by atoms with Crippen molar-refractivity contribution in [1.29, 1.82) is 0 Å². The minimum atomic E-state index is -0.146. The Bertz CT molecular complexity index is 666. The number of nitrogens with zero attached hydrogens (tertiary/aromatic N) is 3. The Hall–Kier alpha value is -2.41. The molecule has 0 aliphatic rings. The lowest BCUT2D eigenvalue weighted by molar-refractivity contribution is 0.0996. The standard InChI is InChI=1S/C13H14N4O2S/c1-8-15-7-11(20-8)13(18)17(2)10-5-3-4-9(6-10)12(14)16-19/h3-7,19H,1-2H3,(H2,14,16).